The van der Waals surface area contributed by atoms with Gasteiger partial charge in [-0.2, -0.15) is 0 Å². The van der Waals surface area contributed by atoms with Crippen LogP contribution in [0.3, 0.4) is 0 Å². The van der Waals surface area contributed by atoms with Crippen molar-refractivity contribution in [3.8, 4) is 0 Å². The molecule has 0 unspecified atom stereocenters. The van der Waals surface area contributed by atoms with E-state index >= 15 is 0 Å². The molecule has 1 aliphatic carbocycles. The number of halogens is 1. The van der Waals surface area contributed by atoms with Gasteiger partial charge in [-0.25, -0.2) is 4.98 Å². The maximum atomic E-state index is 11.8. The molecule has 0 spiro atoms. The summed E-state index contributed by atoms with van der Waals surface area (Å²) in [7, 11) is 1.78. The van der Waals surface area contributed by atoms with Gasteiger partial charge in [0.15, 0.2) is 5.96 Å². The predicted molar refractivity (Wildman–Crippen MR) is 113 cm³/mol. The van der Waals surface area contributed by atoms with Crippen LogP contribution < -0.4 is 10.6 Å². The second-order valence-corrected chi connectivity index (χ2v) is 6.90. The van der Waals surface area contributed by atoms with E-state index in [-0.39, 0.29) is 35.9 Å². The molecule has 6 nitrogen and oxygen atoms in total. The number of thiazole rings is 1. The van der Waals surface area contributed by atoms with Gasteiger partial charge in [-0.05, 0) is 39.0 Å². The van der Waals surface area contributed by atoms with Gasteiger partial charge in [0.2, 0.25) is 0 Å². The van der Waals surface area contributed by atoms with Crippen molar-refractivity contribution in [1.29, 1.82) is 0 Å². The standard InChI is InChI=1S/C17H28N4O2S.HI/c1-4-15-20-14(11-24-15)10-19-17(18-3)21-13-8-6-12(7-9-13)16(22)23-5-2;/h11-13H,4-10H2,1-3H3,(H2,18,19,21);1H. The molecule has 1 fully saturated rings. The molecule has 0 aliphatic heterocycles. The van der Waals surface area contributed by atoms with Crippen molar-refractivity contribution in [3.63, 3.8) is 0 Å². The van der Waals surface area contributed by atoms with Crippen molar-refractivity contribution in [2.75, 3.05) is 13.7 Å². The number of carbonyl (C=O) groups is 1. The molecule has 2 N–H and O–H groups in total. The number of ether oxygens (including phenoxy) is 1. The van der Waals surface area contributed by atoms with Gasteiger partial charge in [0.05, 0.1) is 29.8 Å². The number of hydrogen-bond acceptors (Lipinski definition) is 5. The number of aliphatic imine (C=N–C) groups is 1. The Morgan fingerprint density at radius 2 is 2.08 bits per heavy atom. The summed E-state index contributed by atoms with van der Waals surface area (Å²) in [5.41, 5.74) is 1.05. The van der Waals surface area contributed by atoms with E-state index in [0.717, 1.165) is 48.8 Å². The van der Waals surface area contributed by atoms with Gasteiger partial charge in [-0.1, -0.05) is 6.92 Å². The van der Waals surface area contributed by atoms with Crippen LogP contribution in [-0.2, 0) is 22.5 Å². The van der Waals surface area contributed by atoms with Gasteiger partial charge in [0.1, 0.15) is 0 Å². The number of aromatic nitrogens is 1. The van der Waals surface area contributed by atoms with Crippen LogP contribution in [-0.4, -0.2) is 36.6 Å². The number of rotatable bonds is 6. The van der Waals surface area contributed by atoms with E-state index in [2.05, 4.69) is 32.9 Å². The molecule has 1 aromatic rings. The Morgan fingerprint density at radius 1 is 1.36 bits per heavy atom. The highest BCUT2D eigenvalue weighted by Gasteiger charge is 2.27. The molecule has 1 aromatic heterocycles. The molecule has 0 atom stereocenters. The minimum atomic E-state index is -0.0475. The van der Waals surface area contributed by atoms with E-state index in [4.69, 9.17) is 4.74 Å². The van der Waals surface area contributed by atoms with Crippen molar-refractivity contribution in [3.05, 3.63) is 16.1 Å². The second kappa shape index (κ2) is 11.7. The normalized spacial score (nSPS) is 20.5. The molecule has 0 saturated heterocycles. The fourth-order valence-corrected chi connectivity index (χ4v) is 3.63. The summed E-state index contributed by atoms with van der Waals surface area (Å²) >= 11 is 1.70. The van der Waals surface area contributed by atoms with Crippen LogP contribution in [0.5, 0.6) is 0 Å². The monoisotopic (exact) mass is 480 g/mol. The van der Waals surface area contributed by atoms with Crippen LogP contribution in [0.4, 0.5) is 0 Å². The van der Waals surface area contributed by atoms with Crippen molar-refractivity contribution < 1.29 is 9.53 Å². The number of aryl methyl sites for hydroxylation is 1. The zero-order valence-electron chi connectivity index (χ0n) is 15.2. The highest BCUT2D eigenvalue weighted by Crippen LogP contribution is 2.25. The fourth-order valence-electron chi connectivity index (χ4n) is 2.89. The molecule has 142 valence electrons. The van der Waals surface area contributed by atoms with Crippen molar-refractivity contribution in [2.24, 2.45) is 10.9 Å². The third-order valence-corrected chi connectivity index (χ3v) is 5.29. The largest absolute Gasteiger partial charge is 0.466 e. The molecule has 8 heteroatoms. The summed E-state index contributed by atoms with van der Waals surface area (Å²) in [6.45, 7) is 5.11. The van der Waals surface area contributed by atoms with Crippen molar-refractivity contribution in [1.82, 2.24) is 15.6 Å². The van der Waals surface area contributed by atoms with E-state index in [1.165, 1.54) is 0 Å². The first kappa shape index (κ1) is 22.1. The number of guanidine groups is 1. The van der Waals surface area contributed by atoms with Gasteiger partial charge < -0.3 is 15.4 Å². The lowest BCUT2D eigenvalue weighted by atomic mass is 9.86. The maximum absolute atomic E-state index is 11.8. The Balaban J connectivity index is 0.00000312. The van der Waals surface area contributed by atoms with Crippen LogP contribution in [0.15, 0.2) is 10.4 Å². The molecule has 1 saturated carbocycles. The van der Waals surface area contributed by atoms with Crippen LogP contribution in [0.2, 0.25) is 0 Å². The van der Waals surface area contributed by atoms with Crippen molar-refractivity contribution in [2.45, 2.75) is 58.5 Å². The fraction of sp³-hybridized carbons (Fsp3) is 0.706. The van der Waals surface area contributed by atoms with Crippen LogP contribution in [0.25, 0.3) is 0 Å². The third kappa shape index (κ3) is 7.08. The lowest BCUT2D eigenvalue weighted by molar-refractivity contribution is -0.149. The number of esters is 1. The van der Waals surface area contributed by atoms with E-state index in [1.807, 2.05) is 6.92 Å². The van der Waals surface area contributed by atoms with Crippen LogP contribution in [0, 0.1) is 5.92 Å². The SMILES string of the molecule is CCOC(=O)C1CCC(NC(=NC)NCc2csc(CC)n2)CC1.I. The molecule has 0 bridgehead atoms. The van der Waals surface area contributed by atoms with Crippen LogP contribution in [0.1, 0.15) is 50.2 Å². The highest BCUT2D eigenvalue weighted by atomic mass is 127. The van der Waals surface area contributed by atoms with Gasteiger partial charge in [0, 0.05) is 18.5 Å². The summed E-state index contributed by atoms with van der Waals surface area (Å²) in [4.78, 5) is 20.6. The average Bonchev–Trinajstić information content (AvgIpc) is 3.07. The molecule has 25 heavy (non-hydrogen) atoms. The number of nitrogens with zero attached hydrogens (tertiary/aromatic N) is 2. The van der Waals surface area contributed by atoms with E-state index in [1.54, 1.807) is 18.4 Å². The summed E-state index contributed by atoms with van der Waals surface area (Å²) in [6.07, 6.45) is 4.64. The van der Waals surface area contributed by atoms with E-state index in [9.17, 15) is 4.79 Å². The molecular formula is C17H29IN4O2S. The van der Waals surface area contributed by atoms with Crippen LogP contribution >= 0.6 is 35.3 Å². The highest BCUT2D eigenvalue weighted by molar-refractivity contribution is 14.0. The first-order chi connectivity index (χ1) is 11.7. The summed E-state index contributed by atoms with van der Waals surface area (Å²) in [5, 5.41) is 10.0. The minimum Gasteiger partial charge on any atom is -0.466 e. The first-order valence-corrected chi connectivity index (χ1v) is 9.61. The lowest BCUT2D eigenvalue weighted by Crippen LogP contribution is -2.45. The Kier molecular flexibility index (Phi) is 10.3. The summed E-state index contributed by atoms with van der Waals surface area (Å²) in [5.74, 6) is 0.801. The number of nitrogens with one attached hydrogen (secondary N) is 2. The van der Waals surface area contributed by atoms with E-state index in [0.29, 0.717) is 19.2 Å². The van der Waals surface area contributed by atoms with Gasteiger partial charge in [0.25, 0.3) is 0 Å². The van der Waals surface area contributed by atoms with Crippen molar-refractivity contribution >= 4 is 47.2 Å². The van der Waals surface area contributed by atoms with Gasteiger partial charge >= 0.3 is 5.97 Å². The Hall–Kier alpha value is -0.900. The topological polar surface area (TPSA) is 75.6 Å². The molecule has 0 radical (unpaired) electrons. The van der Waals surface area contributed by atoms with Gasteiger partial charge in [-0.3, -0.25) is 9.79 Å². The van der Waals surface area contributed by atoms with Gasteiger partial charge in [-0.15, -0.1) is 35.3 Å². The Morgan fingerprint density at radius 3 is 2.64 bits per heavy atom. The molecule has 0 amide bonds. The minimum absolute atomic E-state index is 0. The zero-order chi connectivity index (χ0) is 17.4. The Bertz CT molecular complexity index is 557. The third-order valence-electron chi connectivity index (χ3n) is 4.25. The quantitative estimate of drug-likeness (QED) is 0.283. The number of carbonyl (C=O) groups excluding carboxylic acids is 1. The smallest absolute Gasteiger partial charge is 0.308 e. The Labute approximate surface area is 171 Å². The zero-order valence-corrected chi connectivity index (χ0v) is 18.4. The molecule has 2 rings (SSSR count). The first-order valence-electron chi connectivity index (χ1n) is 8.73. The van der Waals surface area contributed by atoms with E-state index < -0.39 is 0 Å². The lowest BCUT2D eigenvalue weighted by Gasteiger charge is -2.29. The number of hydrogen-bond donors (Lipinski definition) is 2. The predicted octanol–water partition coefficient (Wildman–Crippen LogP) is 3.11. The maximum Gasteiger partial charge on any atom is 0.308 e. The molecular weight excluding hydrogens is 451 g/mol. The summed E-state index contributed by atoms with van der Waals surface area (Å²) < 4.78 is 5.12. The average molecular weight is 480 g/mol. The molecule has 1 aliphatic rings. The summed E-state index contributed by atoms with van der Waals surface area (Å²) in [6, 6.07) is 0.350. The second-order valence-electron chi connectivity index (χ2n) is 5.96. The molecule has 1 heterocycles. The molecule has 0 aromatic carbocycles.